The standard InChI is InChI=1S/C17H15ClFNO3/c1-23-10-5-6-11-14(9-10)20(8-7-15(11)21)17(22)16-12(18)3-2-4-13(16)19/h2-6,9,15,21H,7-8H2,1H3. The van der Waals surface area contributed by atoms with E-state index in [1.54, 1.807) is 18.2 Å². The van der Waals surface area contributed by atoms with E-state index >= 15 is 0 Å². The number of ether oxygens (including phenoxy) is 1. The van der Waals surface area contributed by atoms with Gasteiger partial charge in [0.2, 0.25) is 0 Å². The van der Waals surface area contributed by atoms with Crippen LogP contribution in [0.3, 0.4) is 0 Å². The van der Waals surface area contributed by atoms with E-state index < -0.39 is 17.8 Å². The highest BCUT2D eigenvalue weighted by atomic mass is 35.5. The van der Waals surface area contributed by atoms with Gasteiger partial charge < -0.3 is 14.7 Å². The van der Waals surface area contributed by atoms with Crippen LogP contribution in [0.25, 0.3) is 0 Å². The van der Waals surface area contributed by atoms with Crippen molar-refractivity contribution in [1.29, 1.82) is 0 Å². The normalized spacial score (nSPS) is 16.9. The molecule has 1 atom stereocenters. The quantitative estimate of drug-likeness (QED) is 0.912. The molecule has 2 aromatic carbocycles. The molecule has 1 aliphatic rings. The fourth-order valence-corrected chi connectivity index (χ4v) is 2.99. The van der Waals surface area contributed by atoms with Crippen molar-refractivity contribution in [3.63, 3.8) is 0 Å². The number of hydrogen-bond donors (Lipinski definition) is 1. The van der Waals surface area contributed by atoms with Gasteiger partial charge in [-0.15, -0.1) is 0 Å². The number of hydrogen-bond acceptors (Lipinski definition) is 3. The summed E-state index contributed by atoms with van der Waals surface area (Å²) in [5.41, 5.74) is 0.949. The van der Waals surface area contributed by atoms with Crippen molar-refractivity contribution in [3.8, 4) is 5.75 Å². The lowest BCUT2D eigenvalue weighted by atomic mass is 9.97. The van der Waals surface area contributed by atoms with Crippen molar-refractivity contribution in [1.82, 2.24) is 0 Å². The number of fused-ring (bicyclic) bond motifs is 1. The van der Waals surface area contributed by atoms with Crippen LogP contribution in [-0.2, 0) is 0 Å². The van der Waals surface area contributed by atoms with Crippen molar-refractivity contribution in [2.45, 2.75) is 12.5 Å². The van der Waals surface area contributed by atoms with Crippen LogP contribution in [0, 0.1) is 5.82 Å². The Morgan fingerprint density at radius 1 is 1.39 bits per heavy atom. The summed E-state index contributed by atoms with van der Waals surface area (Å²) in [4.78, 5) is 14.2. The average molecular weight is 336 g/mol. The van der Waals surface area contributed by atoms with E-state index in [0.717, 1.165) is 0 Å². The number of aliphatic hydroxyl groups is 1. The highest BCUT2D eigenvalue weighted by Crippen LogP contribution is 2.37. The van der Waals surface area contributed by atoms with E-state index in [2.05, 4.69) is 0 Å². The predicted molar refractivity (Wildman–Crippen MR) is 85.7 cm³/mol. The number of benzene rings is 2. The first-order valence-electron chi connectivity index (χ1n) is 7.15. The molecular weight excluding hydrogens is 321 g/mol. The number of rotatable bonds is 2. The smallest absolute Gasteiger partial charge is 0.262 e. The summed E-state index contributed by atoms with van der Waals surface area (Å²) in [6.45, 7) is 0.269. The van der Waals surface area contributed by atoms with Crippen LogP contribution in [0.5, 0.6) is 5.75 Å². The average Bonchev–Trinajstić information content (AvgIpc) is 2.54. The summed E-state index contributed by atoms with van der Waals surface area (Å²) in [7, 11) is 1.51. The Kier molecular flexibility index (Phi) is 4.24. The Morgan fingerprint density at radius 2 is 2.17 bits per heavy atom. The number of halogens is 2. The predicted octanol–water partition coefficient (Wildman–Crippen LogP) is 3.57. The lowest BCUT2D eigenvalue weighted by Crippen LogP contribution is -2.37. The van der Waals surface area contributed by atoms with Crippen LogP contribution >= 0.6 is 11.6 Å². The maximum absolute atomic E-state index is 14.0. The molecule has 0 aromatic heterocycles. The molecular formula is C17H15ClFNO3. The van der Waals surface area contributed by atoms with Gasteiger partial charge in [-0.3, -0.25) is 4.79 Å². The van der Waals surface area contributed by atoms with E-state index in [1.165, 1.54) is 30.2 Å². The SMILES string of the molecule is COc1ccc2c(c1)N(C(=O)c1c(F)cccc1Cl)CCC2O. The summed E-state index contributed by atoms with van der Waals surface area (Å²) < 4.78 is 19.2. The van der Waals surface area contributed by atoms with Crippen LogP contribution in [0.1, 0.15) is 28.4 Å². The van der Waals surface area contributed by atoms with E-state index in [1.807, 2.05) is 0 Å². The zero-order valence-corrected chi connectivity index (χ0v) is 13.2. The van der Waals surface area contributed by atoms with Crippen molar-refractivity contribution in [2.75, 3.05) is 18.6 Å². The lowest BCUT2D eigenvalue weighted by molar-refractivity contribution is 0.0967. The molecule has 3 rings (SSSR count). The van der Waals surface area contributed by atoms with Crippen LogP contribution < -0.4 is 9.64 Å². The second-order valence-corrected chi connectivity index (χ2v) is 5.69. The van der Waals surface area contributed by atoms with Gasteiger partial charge in [0.25, 0.3) is 5.91 Å². The number of anilines is 1. The molecule has 2 aromatic rings. The fraction of sp³-hybridized carbons (Fsp3) is 0.235. The van der Waals surface area contributed by atoms with Crippen LogP contribution in [-0.4, -0.2) is 24.7 Å². The second kappa shape index (κ2) is 6.18. The molecule has 0 spiro atoms. The zero-order chi connectivity index (χ0) is 16.6. The number of methoxy groups -OCH3 is 1. The molecule has 1 heterocycles. The van der Waals surface area contributed by atoms with E-state index in [0.29, 0.717) is 23.4 Å². The monoisotopic (exact) mass is 335 g/mol. The minimum atomic E-state index is -0.670. The fourth-order valence-electron chi connectivity index (χ4n) is 2.74. The van der Waals surface area contributed by atoms with Gasteiger partial charge in [-0.1, -0.05) is 23.7 Å². The molecule has 1 N–H and O–H groups in total. The second-order valence-electron chi connectivity index (χ2n) is 5.28. The number of carbonyl (C=O) groups excluding carboxylic acids is 1. The van der Waals surface area contributed by atoms with Gasteiger partial charge in [-0.05, 0) is 24.6 Å². The summed E-state index contributed by atoms with van der Waals surface area (Å²) >= 11 is 6.00. The van der Waals surface area contributed by atoms with Crippen molar-refractivity contribution >= 4 is 23.2 Å². The summed E-state index contributed by atoms with van der Waals surface area (Å²) in [5, 5.41) is 10.2. The van der Waals surface area contributed by atoms with E-state index in [9.17, 15) is 14.3 Å². The molecule has 23 heavy (non-hydrogen) atoms. The molecule has 1 amide bonds. The Bertz CT molecular complexity index is 745. The lowest BCUT2D eigenvalue weighted by Gasteiger charge is -2.32. The highest BCUT2D eigenvalue weighted by molar-refractivity contribution is 6.34. The number of carbonyl (C=O) groups is 1. The number of aliphatic hydroxyl groups excluding tert-OH is 1. The van der Waals surface area contributed by atoms with Gasteiger partial charge in [0.1, 0.15) is 11.6 Å². The largest absolute Gasteiger partial charge is 0.497 e. The molecule has 4 nitrogen and oxygen atoms in total. The Labute approximate surface area is 138 Å². The summed E-state index contributed by atoms with van der Waals surface area (Å²) in [6.07, 6.45) is -0.298. The molecule has 1 unspecified atom stereocenters. The molecule has 0 saturated heterocycles. The van der Waals surface area contributed by atoms with Gasteiger partial charge in [-0.2, -0.15) is 0 Å². The third-order valence-corrected chi connectivity index (χ3v) is 4.25. The number of amides is 1. The van der Waals surface area contributed by atoms with Gasteiger partial charge >= 0.3 is 0 Å². The van der Waals surface area contributed by atoms with Gasteiger partial charge in [-0.25, -0.2) is 4.39 Å². The molecule has 1 aliphatic heterocycles. The van der Waals surface area contributed by atoms with E-state index in [4.69, 9.17) is 16.3 Å². The first kappa shape index (κ1) is 15.8. The van der Waals surface area contributed by atoms with Gasteiger partial charge in [0, 0.05) is 18.2 Å². The molecule has 0 fully saturated rings. The van der Waals surface area contributed by atoms with Crippen LogP contribution in [0.4, 0.5) is 10.1 Å². The van der Waals surface area contributed by atoms with Gasteiger partial charge in [0.05, 0.1) is 29.5 Å². The first-order valence-corrected chi connectivity index (χ1v) is 7.52. The minimum Gasteiger partial charge on any atom is -0.497 e. The zero-order valence-electron chi connectivity index (χ0n) is 12.4. The first-order chi connectivity index (χ1) is 11.0. The van der Waals surface area contributed by atoms with E-state index in [-0.39, 0.29) is 17.1 Å². The molecule has 0 aliphatic carbocycles. The molecule has 6 heteroatoms. The third kappa shape index (κ3) is 2.78. The maximum Gasteiger partial charge on any atom is 0.262 e. The number of nitrogens with zero attached hydrogens (tertiary/aromatic N) is 1. The third-order valence-electron chi connectivity index (χ3n) is 3.94. The van der Waals surface area contributed by atoms with Crippen molar-refractivity contribution in [3.05, 3.63) is 58.4 Å². The van der Waals surface area contributed by atoms with Crippen molar-refractivity contribution < 1.29 is 19.0 Å². The van der Waals surface area contributed by atoms with Crippen LogP contribution in [0.15, 0.2) is 36.4 Å². The van der Waals surface area contributed by atoms with Gasteiger partial charge in [0.15, 0.2) is 0 Å². The topological polar surface area (TPSA) is 49.8 Å². The summed E-state index contributed by atoms with van der Waals surface area (Å²) in [5.74, 6) is -0.650. The Balaban J connectivity index is 2.08. The molecule has 0 bridgehead atoms. The molecule has 0 radical (unpaired) electrons. The highest BCUT2D eigenvalue weighted by Gasteiger charge is 2.31. The minimum absolute atomic E-state index is 0.0607. The van der Waals surface area contributed by atoms with Crippen LogP contribution in [0.2, 0.25) is 5.02 Å². The molecule has 0 saturated carbocycles. The maximum atomic E-state index is 14.0. The molecule has 120 valence electrons. The Hall–Kier alpha value is -2.11. The Morgan fingerprint density at radius 3 is 2.87 bits per heavy atom. The van der Waals surface area contributed by atoms with Crippen molar-refractivity contribution in [2.24, 2.45) is 0 Å². The summed E-state index contributed by atoms with van der Waals surface area (Å²) in [6, 6.07) is 9.20.